The Morgan fingerprint density at radius 3 is 2.48 bits per heavy atom. The zero-order valence-corrected chi connectivity index (χ0v) is 12.0. The minimum absolute atomic E-state index is 0.0242. The van der Waals surface area contributed by atoms with Gasteiger partial charge in [-0.2, -0.15) is 0 Å². The maximum absolute atomic E-state index is 12.8. The number of nitrogens with zero attached hydrogens (tertiary/aromatic N) is 1. The summed E-state index contributed by atoms with van der Waals surface area (Å²) >= 11 is 0. The van der Waals surface area contributed by atoms with Crippen LogP contribution in [0.5, 0.6) is 0 Å². The lowest BCUT2D eigenvalue weighted by Crippen LogP contribution is -2.42. The van der Waals surface area contributed by atoms with Gasteiger partial charge >= 0.3 is 6.09 Å². The van der Waals surface area contributed by atoms with E-state index >= 15 is 0 Å². The predicted molar refractivity (Wildman–Crippen MR) is 74.9 cm³/mol. The van der Waals surface area contributed by atoms with E-state index in [2.05, 4.69) is 10.1 Å². The normalized spacial score (nSPS) is 15.6. The van der Waals surface area contributed by atoms with Crippen LogP contribution in [0, 0.1) is 11.7 Å². The minimum Gasteiger partial charge on any atom is -0.453 e. The molecule has 0 spiro atoms. The Kier molecular flexibility index (Phi) is 5.14. The summed E-state index contributed by atoms with van der Waals surface area (Å²) in [6.07, 6.45) is 0.912. The fourth-order valence-electron chi connectivity index (χ4n) is 2.39. The Morgan fingerprint density at radius 2 is 1.90 bits per heavy atom. The third-order valence-electron chi connectivity index (χ3n) is 3.68. The molecule has 5 nitrogen and oxygen atoms in total. The third-order valence-corrected chi connectivity index (χ3v) is 3.68. The lowest BCUT2D eigenvalue weighted by molar-refractivity contribution is -0.126. The Hall–Kier alpha value is -2.11. The van der Waals surface area contributed by atoms with Gasteiger partial charge < -0.3 is 15.0 Å². The van der Waals surface area contributed by atoms with Gasteiger partial charge in [-0.3, -0.25) is 4.79 Å². The summed E-state index contributed by atoms with van der Waals surface area (Å²) in [6.45, 7) is 1.44. The molecule has 1 saturated heterocycles. The summed E-state index contributed by atoms with van der Waals surface area (Å²) in [4.78, 5) is 25.0. The van der Waals surface area contributed by atoms with Gasteiger partial charge in [-0.05, 0) is 30.5 Å². The highest BCUT2D eigenvalue weighted by Gasteiger charge is 2.27. The van der Waals surface area contributed by atoms with Crippen LogP contribution in [0.15, 0.2) is 24.3 Å². The van der Waals surface area contributed by atoms with Crippen molar-refractivity contribution in [2.24, 2.45) is 5.92 Å². The molecular weight excluding hydrogens is 275 g/mol. The second-order valence-corrected chi connectivity index (χ2v) is 5.08. The van der Waals surface area contributed by atoms with Crippen LogP contribution in [0.4, 0.5) is 9.18 Å². The molecule has 6 heteroatoms. The van der Waals surface area contributed by atoms with Gasteiger partial charge in [0.1, 0.15) is 5.82 Å². The molecule has 1 aromatic carbocycles. The Bertz CT molecular complexity index is 496. The van der Waals surface area contributed by atoms with Crippen LogP contribution in [0.1, 0.15) is 18.4 Å². The molecule has 0 bridgehead atoms. The fraction of sp³-hybridized carbons (Fsp3) is 0.467. The van der Waals surface area contributed by atoms with Crippen molar-refractivity contribution in [2.75, 3.05) is 20.2 Å². The summed E-state index contributed by atoms with van der Waals surface area (Å²) in [5.74, 6) is -0.407. The first kappa shape index (κ1) is 15.3. The number of ether oxygens (including phenoxy) is 1. The zero-order chi connectivity index (χ0) is 15.2. The van der Waals surface area contributed by atoms with Crippen molar-refractivity contribution in [3.05, 3.63) is 35.6 Å². The van der Waals surface area contributed by atoms with Crippen LogP contribution >= 0.6 is 0 Å². The van der Waals surface area contributed by atoms with E-state index in [1.807, 2.05) is 0 Å². The molecule has 1 aliphatic rings. The van der Waals surface area contributed by atoms with Crippen LogP contribution < -0.4 is 5.32 Å². The average molecular weight is 294 g/mol. The lowest BCUT2D eigenvalue weighted by Gasteiger charge is -2.30. The Morgan fingerprint density at radius 1 is 1.29 bits per heavy atom. The Labute approximate surface area is 123 Å². The van der Waals surface area contributed by atoms with Gasteiger partial charge in [0, 0.05) is 25.6 Å². The maximum atomic E-state index is 12.8. The molecule has 1 aliphatic heterocycles. The van der Waals surface area contributed by atoms with Crippen molar-refractivity contribution in [2.45, 2.75) is 19.4 Å². The minimum atomic E-state index is -0.347. The van der Waals surface area contributed by atoms with E-state index in [1.165, 1.54) is 19.2 Å². The molecule has 1 N–H and O–H groups in total. The monoisotopic (exact) mass is 294 g/mol. The summed E-state index contributed by atoms with van der Waals surface area (Å²) in [5.41, 5.74) is 0.858. The van der Waals surface area contributed by atoms with Crippen LogP contribution in [-0.2, 0) is 16.1 Å². The van der Waals surface area contributed by atoms with Crippen molar-refractivity contribution in [3.8, 4) is 0 Å². The zero-order valence-electron chi connectivity index (χ0n) is 12.0. The standard InChI is InChI=1S/C15H19FN2O3/c1-21-15(20)18-8-6-12(7-9-18)14(19)17-10-11-2-4-13(16)5-3-11/h2-5,12H,6-10H2,1H3,(H,17,19). The highest BCUT2D eigenvalue weighted by Crippen LogP contribution is 2.18. The molecule has 0 radical (unpaired) electrons. The van der Waals surface area contributed by atoms with E-state index in [0.717, 1.165) is 5.56 Å². The molecule has 2 amide bonds. The molecule has 21 heavy (non-hydrogen) atoms. The lowest BCUT2D eigenvalue weighted by atomic mass is 9.96. The highest BCUT2D eigenvalue weighted by molar-refractivity contribution is 5.79. The number of carbonyl (C=O) groups is 2. The smallest absolute Gasteiger partial charge is 0.409 e. The highest BCUT2D eigenvalue weighted by atomic mass is 19.1. The number of nitrogens with one attached hydrogen (secondary N) is 1. The molecule has 0 saturated carbocycles. The fourth-order valence-corrected chi connectivity index (χ4v) is 2.39. The molecule has 114 valence electrons. The van der Waals surface area contributed by atoms with Crippen LogP contribution in [0.25, 0.3) is 0 Å². The number of hydrogen-bond acceptors (Lipinski definition) is 3. The molecule has 0 aliphatic carbocycles. The number of hydrogen-bond donors (Lipinski definition) is 1. The SMILES string of the molecule is COC(=O)N1CCC(C(=O)NCc2ccc(F)cc2)CC1. The van der Waals surface area contributed by atoms with Crippen molar-refractivity contribution in [1.82, 2.24) is 10.2 Å². The van der Waals surface area contributed by atoms with Gasteiger partial charge in [-0.15, -0.1) is 0 Å². The van der Waals surface area contributed by atoms with Crippen molar-refractivity contribution in [3.63, 3.8) is 0 Å². The number of carbonyl (C=O) groups excluding carboxylic acids is 2. The van der Waals surface area contributed by atoms with E-state index in [-0.39, 0.29) is 23.7 Å². The Balaban J connectivity index is 1.77. The van der Waals surface area contributed by atoms with E-state index in [0.29, 0.717) is 32.5 Å². The number of piperidine rings is 1. The van der Waals surface area contributed by atoms with Crippen LogP contribution in [0.2, 0.25) is 0 Å². The average Bonchev–Trinajstić information content (AvgIpc) is 2.53. The van der Waals surface area contributed by atoms with Gasteiger partial charge in [0.2, 0.25) is 5.91 Å². The van der Waals surface area contributed by atoms with Gasteiger partial charge in [-0.25, -0.2) is 9.18 Å². The number of likely N-dealkylation sites (tertiary alicyclic amines) is 1. The molecule has 0 atom stereocenters. The molecular formula is C15H19FN2O3. The summed E-state index contributed by atoms with van der Waals surface area (Å²) < 4.78 is 17.4. The number of amides is 2. The summed E-state index contributed by atoms with van der Waals surface area (Å²) in [6, 6.07) is 6.04. The van der Waals surface area contributed by atoms with Crippen molar-refractivity contribution >= 4 is 12.0 Å². The molecule has 0 unspecified atom stereocenters. The number of benzene rings is 1. The topological polar surface area (TPSA) is 58.6 Å². The molecule has 1 fully saturated rings. The first-order valence-corrected chi connectivity index (χ1v) is 6.95. The quantitative estimate of drug-likeness (QED) is 0.926. The first-order valence-electron chi connectivity index (χ1n) is 6.95. The molecule has 0 aromatic heterocycles. The van der Waals surface area contributed by atoms with Gasteiger partial charge in [0.15, 0.2) is 0 Å². The van der Waals surface area contributed by atoms with Gasteiger partial charge in [0.25, 0.3) is 0 Å². The molecule has 1 aromatic rings. The van der Waals surface area contributed by atoms with Crippen LogP contribution in [0.3, 0.4) is 0 Å². The second kappa shape index (κ2) is 7.06. The first-order chi connectivity index (χ1) is 10.1. The van der Waals surface area contributed by atoms with Crippen molar-refractivity contribution in [1.29, 1.82) is 0 Å². The van der Waals surface area contributed by atoms with E-state index in [1.54, 1.807) is 17.0 Å². The third kappa shape index (κ3) is 4.18. The van der Waals surface area contributed by atoms with Gasteiger partial charge in [0.05, 0.1) is 7.11 Å². The van der Waals surface area contributed by atoms with E-state index < -0.39 is 0 Å². The largest absolute Gasteiger partial charge is 0.453 e. The van der Waals surface area contributed by atoms with Crippen molar-refractivity contribution < 1.29 is 18.7 Å². The maximum Gasteiger partial charge on any atom is 0.409 e. The molecule has 2 rings (SSSR count). The van der Waals surface area contributed by atoms with Gasteiger partial charge in [-0.1, -0.05) is 12.1 Å². The molecule has 1 heterocycles. The predicted octanol–water partition coefficient (Wildman–Crippen LogP) is 1.92. The number of methoxy groups -OCH3 is 1. The van der Waals surface area contributed by atoms with E-state index in [4.69, 9.17) is 0 Å². The second-order valence-electron chi connectivity index (χ2n) is 5.08. The number of halogens is 1. The van der Waals surface area contributed by atoms with Crippen LogP contribution in [-0.4, -0.2) is 37.1 Å². The summed E-state index contributed by atoms with van der Waals surface area (Å²) in [5, 5.41) is 2.85. The van der Waals surface area contributed by atoms with E-state index in [9.17, 15) is 14.0 Å². The number of rotatable bonds is 3. The summed E-state index contributed by atoms with van der Waals surface area (Å²) in [7, 11) is 1.35.